The van der Waals surface area contributed by atoms with Gasteiger partial charge in [0, 0.05) is 0 Å². The summed E-state index contributed by atoms with van der Waals surface area (Å²) in [6, 6.07) is 3.41. The van der Waals surface area contributed by atoms with E-state index in [4.69, 9.17) is 0 Å². The van der Waals surface area contributed by atoms with Crippen LogP contribution in [0.5, 0.6) is 0 Å². The summed E-state index contributed by atoms with van der Waals surface area (Å²) in [6.07, 6.45) is -2.55. The Morgan fingerprint density at radius 2 is 2.14 bits per heavy atom. The largest absolute Gasteiger partial charge is 0.282 e. The minimum Gasteiger partial charge on any atom is -0.226 e. The van der Waals surface area contributed by atoms with Crippen molar-refractivity contribution >= 4 is 28.2 Å². The molecule has 0 atom stereocenters. The maximum absolute atomic E-state index is 12.5. The first kappa shape index (κ1) is 9.75. The predicted octanol–water partition coefficient (Wildman–Crippen LogP) is 2.58. The molecule has 0 aliphatic rings. The average molecular weight is 309 g/mol. The minimum atomic E-state index is -2.55. The van der Waals surface area contributed by atoms with E-state index >= 15 is 0 Å². The number of hydrogen-bond acceptors (Lipinski definition) is 2. The third kappa shape index (κ3) is 1.47. The van der Waals surface area contributed by atoms with Gasteiger partial charge >= 0.3 is 0 Å². The molecule has 2 aromatic rings. The van der Waals surface area contributed by atoms with Crippen LogP contribution in [0.25, 0.3) is 5.65 Å². The van der Waals surface area contributed by atoms with Gasteiger partial charge in [-0.1, -0.05) is 0 Å². The maximum Gasteiger partial charge on any atom is 0.282 e. The van der Waals surface area contributed by atoms with Crippen LogP contribution in [0, 0.1) is 10.6 Å². The molecule has 2 aromatic heterocycles. The molecule has 3 nitrogen and oxygen atoms in total. The van der Waals surface area contributed by atoms with Crippen molar-refractivity contribution in [2.24, 2.45) is 0 Å². The molecule has 0 unspecified atom stereocenters. The average Bonchev–Trinajstić information content (AvgIpc) is 2.44. The van der Waals surface area contributed by atoms with Gasteiger partial charge in [-0.2, -0.15) is 5.10 Å². The summed E-state index contributed by atoms with van der Waals surface area (Å²) in [5.74, 6) is 0. The second-order valence-electron chi connectivity index (χ2n) is 2.81. The van der Waals surface area contributed by atoms with Crippen LogP contribution in [0.2, 0.25) is 0 Å². The molecule has 74 valence electrons. The normalized spacial score (nSPS) is 11.5. The molecule has 2 rings (SSSR count). The quantitative estimate of drug-likeness (QED) is 0.758. The Morgan fingerprint density at radius 3 is 2.79 bits per heavy atom. The molecule has 0 radical (unpaired) electrons. The number of imidazole rings is 1. The van der Waals surface area contributed by atoms with Crippen LogP contribution in [0.4, 0.5) is 8.78 Å². The summed E-state index contributed by atoms with van der Waals surface area (Å²) in [5, 5.41) is 4.09. The summed E-state index contributed by atoms with van der Waals surface area (Å²) >= 11 is 2.02. The number of aryl methyl sites for hydroxylation is 1. The van der Waals surface area contributed by atoms with Crippen LogP contribution in [-0.4, -0.2) is 14.6 Å². The molecule has 14 heavy (non-hydrogen) atoms. The molecule has 0 spiro atoms. The zero-order valence-corrected chi connectivity index (χ0v) is 9.37. The van der Waals surface area contributed by atoms with Gasteiger partial charge in [0.1, 0.15) is 9.39 Å². The Kier molecular flexibility index (Phi) is 2.38. The molecule has 6 heteroatoms. The molecular weight excluding hydrogens is 303 g/mol. The van der Waals surface area contributed by atoms with Crippen LogP contribution in [0.1, 0.15) is 17.8 Å². The fraction of sp³-hybridized carbons (Fsp3) is 0.250. The fourth-order valence-corrected chi connectivity index (χ4v) is 1.64. The molecule has 0 saturated heterocycles. The molecule has 0 aliphatic carbocycles. The third-order valence-electron chi connectivity index (χ3n) is 1.91. The van der Waals surface area contributed by atoms with E-state index in [1.807, 2.05) is 22.6 Å². The van der Waals surface area contributed by atoms with Crippen molar-refractivity contribution in [1.29, 1.82) is 0 Å². The number of halogens is 3. The minimum absolute atomic E-state index is 0.195. The molecular formula is C8H6F2IN3. The third-order valence-corrected chi connectivity index (χ3v) is 2.49. The second kappa shape index (κ2) is 3.41. The summed E-state index contributed by atoms with van der Waals surface area (Å²) in [5.41, 5.74) is 0.659. The van der Waals surface area contributed by atoms with Gasteiger partial charge in [0.05, 0.1) is 5.69 Å². The lowest BCUT2D eigenvalue weighted by molar-refractivity contribution is 0.146. The molecule has 0 aromatic carbocycles. The topological polar surface area (TPSA) is 30.2 Å². The van der Waals surface area contributed by atoms with Crippen molar-refractivity contribution in [2.75, 3.05) is 0 Å². The van der Waals surface area contributed by atoms with Crippen LogP contribution in [-0.2, 0) is 0 Å². The number of nitrogens with zero attached hydrogens (tertiary/aromatic N) is 3. The predicted molar refractivity (Wildman–Crippen MR) is 55.4 cm³/mol. The first-order valence-electron chi connectivity index (χ1n) is 3.89. The highest BCUT2D eigenvalue weighted by atomic mass is 127. The van der Waals surface area contributed by atoms with E-state index in [0.717, 1.165) is 3.70 Å². The van der Waals surface area contributed by atoms with Gasteiger partial charge in [0.25, 0.3) is 6.43 Å². The van der Waals surface area contributed by atoms with E-state index in [9.17, 15) is 8.78 Å². The lowest BCUT2D eigenvalue weighted by Crippen LogP contribution is -1.96. The Morgan fingerprint density at radius 1 is 1.43 bits per heavy atom. The number of alkyl halides is 2. The monoisotopic (exact) mass is 309 g/mol. The summed E-state index contributed by atoms with van der Waals surface area (Å²) in [6.45, 7) is 1.59. The van der Waals surface area contributed by atoms with Crippen LogP contribution >= 0.6 is 22.6 Å². The first-order chi connectivity index (χ1) is 6.59. The molecule has 2 heterocycles. The molecule has 0 bridgehead atoms. The molecule has 0 N–H and O–H groups in total. The highest BCUT2D eigenvalue weighted by Gasteiger charge is 2.17. The SMILES string of the molecule is Cc1c(C(F)F)nc2ccc(I)nn12. The number of rotatable bonds is 1. The van der Waals surface area contributed by atoms with Gasteiger partial charge in [0.2, 0.25) is 0 Å². The van der Waals surface area contributed by atoms with Crippen molar-refractivity contribution in [1.82, 2.24) is 14.6 Å². The van der Waals surface area contributed by atoms with Crippen molar-refractivity contribution in [3.63, 3.8) is 0 Å². The van der Waals surface area contributed by atoms with Crippen molar-refractivity contribution in [3.8, 4) is 0 Å². The van der Waals surface area contributed by atoms with Gasteiger partial charge in [0.15, 0.2) is 5.65 Å². The Hall–Kier alpha value is -0.790. The first-order valence-corrected chi connectivity index (χ1v) is 4.97. The van der Waals surface area contributed by atoms with Crippen molar-refractivity contribution in [3.05, 3.63) is 27.2 Å². The molecule has 0 fully saturated rings. The molecule has 0 aliphatic heterocycles. The lowest BCUT2D eigenvalue weighted by Gasteiger charge is -1.96. The number of fused-ring (bicyclic) bond motifs is 1. The second-order valence-corrected chi connectivity index (χ2v) is 3.91. The molecule has 0 amide bonds. The summed E-state index contributed by atoms with van der Waals surface area (Å²) in [4.78, 5) is 3.80. The van der Waals surface area contributed by atoms with Gasteiger partial charge in [-0.3, -0.25) is 0 Å². The highest BCUT2D eigenvalue weighted by molar-refractivity contribution is 14.1. The zero-order valence-electron chi connectivity index (χ0n) is 7.21. The van der Waals surface area contributed by atoms with Crippen LogP contribution in [0.3, 0.4) is 0 Å². The Labute approximate surface area is 92.3 Å². The van der Waals surface area contributed by atoms with Crippen LogP contribution in [0.15, 0.2) is 12.1 Å². The van der Waals surface area contributed by atoms with E-state index in [1.165, 1.54) is 4.52 Å². The van der Waals surface area contributed by atoms with Gasteiger partial charge in [-0.15, -0.1) is 0 Å². The van der Waals surface area contributed by atoms with E-state index in [2.05, 4.69) is 10.1 Å². The number of aromatic nitrogens is 3. The van der Waals surface area contributed by atoms with E-state index in [0.29, 0.717) is 11.3 Å². The maximum atomic E-state index is 12.5. The van der Waals surface area contributed by atoms with Gasteiger partial charge < -0.3 is 0 Å². The van der Waals surface area contributed by atoms with Gasteiger partial charge in [-0.05, 0) is 41.6 Å². The zero-order chi connectivity index (χ0) is 10.3. The van der Waals surface area contributed by atoms with Crippen molar-refractivity contribution in [2.45, 2.75) is 13.3 Å². The molecule has 0 saturated carbocycles. The van der Waals surface area contributed by atoms with E-state index < -0.39 is 6.43 Å². The standard InChI is InChI=1S/C8H6F2IN3/c1-4-7(8(9)10)12-6-3-2-5(11)13-14(4)6/h2-3,8H,1H3. The Bertz CT molecular complexity index is 481. The van der Waals surface area contributed by atoms with Gasteiger partial charge in [-0.25, -0.2) is 18.3 Å². The summed E-state index contributed by atoms with van der Waals surface area (Å²) in [7, 11) is 0. The van der Waals surface area contributed by atoms with Crippen molar-refractivity contribution < 1.29 is 8.78 Å². The van der Waals surface area contributed by atoms with E-state index in [-0.39, 0.29) is 5.69 Å². The smallest absolute Gasteiger partial charge is 0.226 e. The van der Waals surface area contributed by atoms with Crippen LogP contribution < -0.4 is 0 Å². The Balaban J connectivity index is 2.74. The summed E-state index contributed by atoms with van der Waals surface area (Å²) < 4.78 is 27.1. The van der Waals surface area contributed by atoms with E-state index in [1.54, 1.807) is 19.1 Å². The highest BCUT2D eigenvalue weighted by Crippen LogP contribution is 2.22. The number of hydrogen-bond donors (Lipinski definition) is 0. The fourth-order valence-electron chi connectivity index (χ4n) is 1.24. The lowest BCUT2D eigenvalue weighted by atomic mass is 10.4.